The maximum Gasteiger partial charge on any atom is 0.0373 e. The standard InChI is InChI=1S/C16H24N2/c1-2-14-8-5-6-10-18(14)15-11-13-7-3-4-9-16(13)17-12-15/h3-4,7,9,14-15,17H,2,5-6,8,10-12H2,1H3. The summed E-state index contributed by atoms with van der Waals surface area (Å²) in [4.78, 5) is 2.77. The minimum absolute atomic E-state index is 0.699. The molecule has 1 N–H and O–H groups in total. The maximum atomic E-state index is 3.61. The van der Waals surface area contributed by atoms with E-state index in [2.05, 4.69) is 41.4 Å². The normalized spacial score (nSPS) is 28.5. The number of hydrogen-bond donors (Lipinski definition) is 1. The van der Waals surface area contributed by atoms with Crippen molar-refractivity contribution in [3.05, 3.63) is 29.8 Å². The minimum Gasteiger partial charge on any atom is -0.383 e. The zero-order chi connectivity index (χ0) is 12.4. The van der Waals surface area contributed by atoms with Crippen molar-refractivity contribution in [3.8, 4) is 0 Å². The Hall–Kier alpha value is -1.02. The summed E-state index contributed by atoms with van der Waals surface area (Å²) in [6, 6.07) is 10.3. The molecule has 0 spiro atoms. The number of anilines is 1. The van der Waals surface area contributed by atoms with Gasteiger partial charge in [-0.1, -0.05) is 31.5 Å². The third kappa shape index (κ3) is 2.26. The van der Waals surface area contributed by atoms with Crippen molar-refractivity contribution >= 4 is 5.69 Å². The van der Waals surface area contributed by atoms with E-state index >= 15 is 0 Å². The molecule has 1 aromatic rings. The van der Waals surface area contributed by atoms with Gasteiger partial charge in [-0.15, -0.1) is 0 Å². The van der Waals surface area contributed by atoms with Crippen molar-refractivity contribution in [2.45, 2.75) is 51.1 Å². The van der Waals surface area contributed by atoms with Crippen LogP contribution in [0.15, 0.2) is 24.3 Å². The molecule has 1 aromatic carbocycles. The molecule has 0 aliphatic carbocycles. The lowest BCUT2D eigenvalue weighted by Crippen LogP contribution is -2.51. The fourth-order valence-electron chi connectivity index (χ4n) is 3.60. The second-order valence-corrected chi connectivity index (χ2v) is 5.69. The Balaban J connectivity index is 1.74. The van der Waals surface area contributed by atoms with E-state index in [1.165, 1.54) is 49.9 Å². The fraction of sp³-hybridized carbons (Fsp3) is 0.625. The SMILES string of the molecule is CCC1CCCCN1C1CNc2ccccc2C1. The minimum atomic E-state index is 0.699. The van der Waals surface area contributed by atoms with Crippen LogP contribution in [0.5, 0.6) is 0 Å². The first-order chi connectivity index (χ1) is 8.88. The molecule has 0 amide bonds. The third-order valence-electron chi connectivity index (χ3n) is 4.61. The van der Waals surface area contributed by atoms with Crippen LogP contribution in [0.25, 0.3) is 0 Å². The van der Waals surface area contributed by atoms with Gasteiger partial charge in [-0.2, -0.15) is 0 Å². The van der Waals surface area contributed by atoms with Gasteiger partial charge in [-0.05, 0) is 43.9 Å². The van der Waals surface area contributed by atoms with Gasteiger partial charge in [0.2, 0.25) is 0 Å². The number of piperidine rings is 1. The van der Waals surface area contributed by atoms with Crippen molar-refractivity contribution in [3.63, 3.8) is 0 Å². The first-order valence-corrected chi connectivity index (χ1v) is 7.46. The van der Waals surface area contributed by atoms with Gasteiger partial charge in [0.1, 0.15) is 0 Å². The van der Waals surface area contributed by atoms with E-state index in [1.807, 2.05) is 0 Å². The molecule has 18 heavy (non-hydrogen) atoms. The molecule has 0 radical (unpaired) electrons. The summed E-state index contributed by atoms with van der Waals surface area (Å²) in [6.07, 6.45) is 6.73. The Kier molecular flexibility index (Phi) is 3.55. The highest BCUT2D eigenvalue weighted by Crippen LogP contribution is 2.28. The average Bonchev–Trinajstić information content (AvgIpc) is 2.46. The number of nitrogens with one attached hydrogen (secondary N) is 1. The second-order valence-electron chi connectivity index (χ2n) is 5.69. The van der Waals surface area contributed by atoms with Crippen molar-refractivity contribution in [2.24, 2.45) is 0 Å². The van der Waals surface area contributed by atoms with Crippen LogP contribution >= 0.6 is 0 Å². The number of hydrogen-bond acceptors (Lipinski definition) is 2. The molecule has 2 atom stereocenters. The smallest absolute Gasteiger partial charge is 0.0373 e. The monoisotopic (exact) mass is 244 g/mol. The molecule has 0 saturated carbocycles. The molecule has 2 unspecified atom stereocenters. The molecule has 0 aromatic heterocycles. The van der Waals surface area contributed by atoms with E-state index < -0.39 is 0 Å². The summed E-state index contributed by atoms with van der Waals surface area (Å²) < 4.78 is 0. The summed E-state index contributed by atoms with van der Waals surface area (Å²) >= 11 is 0. The molecule has 2 nitrogen and oxygen atoms in total. The molecular formula is C16H24N2. The molecule has 2 aliphatic rings. The molecule has 0 bridgehead atoms. The molecule has 2 heterocycles. The van der Waals surface area contributed by atoms with Crippen LogP contribution in [-0.4, -0.2) is 30.1 Å². The number of benzene rings is 1. The van der Waals surface area contributed by atoms with Crippen molar-refractivity contribution in [1.29, 1.82) is 0 Å². The highest BCUT2D eigenvalue weighted by molar-refractivity contribution is 5.53. The van der Waals surface area contributed by atoms with Crippen LogP contribution in [-0.2, 0) is 6.42 Å². The second kappa shape index (κ2) is 5.31. The zero-order valence-corrected chi connectivity index (χ0v) is 11.4. The lowest BCUT2D eigenvalue weighted by atomic mass is 9.92. The van der Waals surface area contributed by atoms with E-state index in [-0.39, 0.29) is 0 Å². The summed E-state index contributed by atoms with van der Waals surface area (Å²) in [5, 5.41) is 3.61. The molecule has 98 valence electrons. The maximum absolute atomic E-state index is 3.61. The number of para-hydroxylation sites is 1. The lowest BCUT2D eigenvalue weighted by Gasteiger charge is -2.43. The summed E-state index contributed by atoms with van der Waals surface area (Å²) in [7, 11) is 0. The van der Waals surface area contributed by atoms with E-state index in [1.54, 1.807) is 0 Å². The summed E-state index contributed by atoms with van der Waals surface area (Å²) in [5.41, 5.74) is 2.84. The predicted molar refractivity (Wildman–Crippen MR) is 77.1 cm³/mol. The number of likely N-dealkylation sites (tertiary alicyclic amines) is 1. The predicted octanol–water partition coefficient (Wildman–Crippen LogP) is 3.29. The molecule has 3 rings (SSSR count). The van der Waals surface area contributed by atoms with Crippen molar-refractivity contribution in [2.75, 3.05) is 18.4 Å². The van der Waals surface area contributed by atoms with Gasteiger partial charge in [-0.25, -0.2) is 0 Å². The van der Waals surface area contributed by atoms with E-state index in [4.69, 9.17) is 0 Å². The van der Waals surface area contributed by atoms with E-state index in [0.717, 1.165) is 12.6 Å². The Morgan fingerprint density at radius 3 is 3.06 bits per heavy atom. The van der Waals surface area contributed by atoms with Crippen LogP contribution in [0, 0.1) is 0 Å². The van der Waals surface area contributed by atoms with Crippen LogP contribution in [0.3, 0.4) is 0 Å². The quantitative estimate of drug-likeness (QED) is 0.859. The molecule has 1 saturated heterocycles. The molecule has 2 heteroatoms. The topological polar surface area (TPSA) is 15.3 Å². The van der Waals surface area contributed by atoms with Gasteiger partial charge in [0, 0.05) is 24.3 Å². The summed E-state index contributed by atoms with van der Waals surface area (Å²) in [5.74, 6) is 0. The highest BCUT2D eigenvalue weighted by Gasteiger charge is 2.29. The van der Waals surface area contributed by atoms with Crippen LogP contribution in [0.2, 0.25) is 0 Å². The Bertz CT molecular complexity index is 402. The average molecular weight is 244 g/mol. The highest BCUT2D eigenvalue weighted by atomic mass is 15.2. The number of rotatable bonds is 2. The summed E-state index contributed by atoms with van der Waals surface area (Å²) in [6.45, 7) is 4.76. The van der Waals surface area contributed by atoms with Gasteiger partial charge in [0.15, 0.2) is 0 Å². The Labute approximate surface area is 110 Å². The molecule has 2 aliphatic heterocycles. The lowest BCUT2D eigenvalue weighted by molar-refractivity contribution is 0.0955. The molecular weight excluding hydrogens is 220 g/mol. The van der Waals surface area contributed by atoms with Crippen LogP contribution in [0.4, 0.5) is 5.69 Å². The Morgan fingerprint density at radius 2 is 2.17 bits per heavy atom. The van der Waals surface area contributed by atoms with Crippen LogP contribution in [0.1, 0.15) is 38.2 Å². The number of fused-ring (bicyclic) bond motifs is 1. The van der Waals surface area contributed by atoms with Gasteiger partial charge >= 0.3 is 0 Å². The third-order valence-corrected chi connectivity index (χ3v) is 4.61. The van der Waals surface area contributed by atoms with Crippen LogP contribution < -0.4 is 5.32 Å². The first-order valence-electron chi connectivity index (χ1n) is 7.46. The first kappa shape index (κ1) is 12.0. The van der Waals surface area contributed by atoms with Crippen molar-refractivity contribution in [1.82, 2.24) is 4.90 Å². The van der Waals surface area contributed by atoms with E-state index in [9.17, 15) is 0 Å². The fourth-order valence-corrected chi connectivity index (χ4v) is 3.60. The van der Waals surface area contributed by atoms with Gasteiger partial charge in [0.05, 0.1) is 0 Å². The van der Waals surface area contributed by atoms with E-state index in [0.29, 0.717) is 6.04 Å². The largest absolute Gasteiger partial charge is 0.383 e. The number of nitrogens with zero attached hydrogens (tertiary/aromatic N) is 1. The molecule has 1 fully saturated rings. The Morgan fingerprint density at radius 1 is 1.28 bits per heavy atom. The van der Waals surface area contributed by atoms with Gasteiger partial charge in [0.25, 0.3) is 0 Å². The van der Waals surface area contributed by atoms with Gasteiger partial charge < -0.3 is 5.32 Å². The zero-order valence-electron chi connectivity index (χ0n) is 11.4. The van der Waals surface area contributed by atoms with Crippen molar-refractivity contribution < 1.29 is 0 Å². The van der Waals surface area contributed by atoms with Gasteiger partial charge in [-0.3, -0.25) is 4.90 Å².